The average Bonchev–Trinajstić information content (AvgIpc) is 3.58. The van der Waals surface area contributed by atoms with Gasteiger partial charge in [0.1, 0.15) is 5.76 Å². The molecule has 1 aromatic carbocycles. The van der Waals surface area contributed by atoms with Crippen LogP contribution in [-0.2, 0) is 9.59 Å². The summed E-state index contributed by atoms with van der Waals surface area (Å²) in [7, 11) is 0. The number of carbonyl (C=O) groups excluding carboxylic acids is 3. The van der Waals surface area contributed by atoms with Crippen molar-refractivity contribution in [2.75, 3.05) is 11.4 Å². The predicted molar refractivity (Wildman–Crippen MR) is 127 cm³/mol. The molecule has 2 N–H and O–H groups in total. The number of benzene rings is 1. The van der Waals surface area contributed by atoms with Gasteiger partial charge in [0.05, 0.1) is 17.7 Å². The third-order valence-corrected chi connectivity index (χ3v) is 6.58. The van der Waals surface area contributed by atoms with Crippen molar-refractivity contribution in [2.45, 2.75) is 44.7 Å². The highest BCUT2D eigenvalue weighted by Crippen LogP contribution is 2.30. The Balaban J connectivity index is 1.63. The van der Waals surface area contributed by atoms with Crippen LogP contribution >= 0.6 is 11.3 Å². The highest BCUT2D eigenvalue weighted by Gasteiger charge is 2.36. The minimum atomic E-state index is -0.992. The van der Waals surface area contributed by atoms with Gasteiger partial charge in [0.15, 0.2) is 6.04 Å². The Morgan fingerprint density at radius 3 is 2.61 bits per heavy atom. The van der Waals surface area contributed by atoms with Crippen LogP contribution in [-0.4, -0.2) is 30.3 Å². The Hall–Kier alpha value is -3.39. The molecule has 7 nitrogen and oxygen atoms in total. The van der Waals surface area contributed by atoms with E-state index in [4.69, 9.17) is 4.42 Å². The molecule has 1 fully saturated rings. The first kappa shape index (κ1) is 22.8. The number of anilines is 1. The first-order chi connectivity index (χ1) is 16.0. The number of hydrogen-bond acceptors (Lipinski definition) is 5. The van der Waals surface area contributed by atoms with Crippen LogP contribution in [0.5, 0.6) is 0 Å². The van der Waals surface area contributed by atoms with Crippen LogP contribution in [0.4, 0.5) is 5.69 Å². The van der Waals surface area contributed by atoms with E-state index in [2.05, 4.69) is 10.6 Å². The van der Waals surface area contributed by atoms with Gasteiger partial charge in [-0.3, -0.25) is 19.3 Å². The standard InChI is InChI=1S/C25H27N3O4S/c1-17-7-4-10-19(15-17)28(22(29)16-26-24(30)21-12-6-14-33-21)23(20-11-5-13-32-20)25(31)27-18-8-2-3-9-18/h4-7,10-15,18,23H,2-3,8-9,16H2,1H3,(H,26,30)(H,27,31)/t23-/m1/s1. The Kier molecular flexibility index (Phi) is 7.24. The number of carbonyl (C=O) groups is 3. The Labute approximate surface area is 196 Å². The van der Waals surface area contributed by atoms with Crippen LogP contribution in [0.15, 0.2) is 64.6 Å². The lowest BCUT2D eigenvalue weighted by Gasteiger charge is -2.31. The molecule has 0 aliphatic heterocycles. The quantitative estimate of drug-likeness (QED) is 0.521. The van der Waals surface area contributed by atoms with E-state index in [1.165, 1.54) is 22.5 Å². The summed E-state index contributed by atoms with van der Waals surface area (Å²) in [5.74, 6) is -0.665. The molecule has 2 heterocycles. The van der Waals surface area contributed by atoms with Crippen LogP contribution in [0.3, 0.4) is 0 Å². The molecule has 8 heteroatoms. The molecule has 33 heavy (non-hydrogen) atoms. The van der Waals surface area contributed by atoms with E-state index in [0.717, 1.165) is 31.2 Å². The molecular weight excluding hydrogens is 438 g/mol. The molecule has 1 aliphatic rings. The molecular formula is C25H27N3O4S. The monoisotopic (exact) mass is 465 g/mol. The van der Waals surface area contributed by atoms with Gasteiger partial charge < -0.3 is 15.1 Å². The highest BCUT2D eigenvalue weighted by atomic mass is 32.1. The van der Waals surface area contributed by atoms with Gasteiger partial charge in [0, 0.05) is 11.7 Å². The highest BCUT2D eigenvalue weighted by molar-refractivity contribution is 7.12. The maximum atomic E-state index is 13.5. The summed E-state index contributed by atoms with van der Waals surface area (Å²) in [6.45, 7) is 1.67. The van der Waals surface area contributed by atoms with Crippen molar-refractivity contribution in [3.8, 4) is 0 Å². The molecule has 3 amide bonds. The molecule has 0 saturated heterocycles. The zero-order chi connectivity index (χ0) is 23.2. The van der Waals surface area contributed by atoms with Crippen LogP contribution in [0.25, 0.3) is 0 Å². The molecule has 1 saturated carbocycles. The first-order valence-electron chi connectivity index (χ1n) is 11.1. The number of hydrogen-bond donors (Lipinski definition) is 2. The lowest BCUT2D eigenvalue weighted by molar-refractivity contribution is -0.127. The number of nitrogens with one attached hydrogen (secondary N) is 2. The zero-order valence-corrected chi connectivity index (χ0v) is 19.3. The van der Waals surface area contributed by atoms with Gasteiger partial charge >= 0.3 is 0 Å². The normalized spacial score (nSPS) is 14.6. The molecule has 3 aromatic rings. The summed E-state index contributed by atoms with van der Waals surface area (Å²) in [6, 6.07) is 13.3. The smallest absolute Gasteiger partial charge is 0.261 e. The summed E-state index contributed by atoms with van der Waals surface area (Å²) < 4.78 is 5.61. The van der Waals surface area contributed by atoms with E-state index in [9.17, 15) is 14.4 Å². The number of furan rings is 1. The van der Waals surface area contributed by atoms with Gasteiger partial charge in [0.2, 0.25) is 5.91 Å². The third kappa shape index (κ3) is 5.51. The van der Waals surface area contributed by atoms with Crippen molar-refractivity contribution < 1.29 is 18.8 Å². The van der Waals surface area contributed by atoms with Gasteiger partial charge in [-0.15, -0.1) is 11.3 Å². The van der Waals surface area contributed by atoms with Crippen molar-refractivity contribution in [1.29, 1.82) is 0 Å². The number of thiophene rings is 1. The minimum absolute atomic E-state index is 0.0861. The zero-order valence-electron chi connectivity index (χ0n) is 18.5. The third-order valence-electron chi connectivity index (χ3n) is 5.71. The fourth-order valence-corrected chi connectivity index (χ4v) is 4.76. The van der Waals surface area contributed by atoms with E-state index < -0.39 is 11.9 Å². The molecule has 172 valence electrons. The molecule has 4 rings (SSSR count). The molecule has 0 spiro atoms. The van der Waals surface area contributed by atoms with Crippen LogP contribution in [0, 0.1) is 6.92 Å². The van der Waals surface area contributed by atoms with Crippen LogP contribution in [0.1, 0.15) is 52.7 Å². The largest absolute Gasteiger partial charge is 0.467 e. The van der Waals surface area contributed by atoms with Crippen molar-refractivity contribution in [1.82, 2.24) is 10.6 Å². The Bertz CT molecular complexity index is 1090. The second-order valence-electron chi connectivity index (χ2n) is 8.17. The number of aryl methyl sites for hydroxylation is 1. The maximum Gasteiger partial charge on any atom is 0.261 e. The Morgan fingerprint density at radius 1 is 1.12 bits per heavy atom. The van der Waals surface area contributed by atoms with Crippen molar-refractivity contribution >= 4 is 34.7 Å². The molecule has 0 bridgehead atoms. The number of amides is 3. The SMILES string of the molecule is Cc1cccc(N(C(=O)CNC(=O)c2cccs2)[C@@H](C(=O)NC2CCCC2)c2ccco2)c1. The van der Waals surface area contributed by atoms with Gasteiger partial charge in [-0.05, 0) is 61.0 Å². The Morgan fingerprint density at radius 2 is 1.94 bits per heavy atom. The lowest BCUT2D eigenvalue weighted by atomic mass is 10.1. The van der Waals surface area contributed by atoms with Gasteiger partial charge in [0.25, 0.3) is 11.8 Å². The van der Waals surface area contributed by atoms with Crippen molar-refractivity contribution in [3.63, 3.8) is 0 Å². The lowest BCUT2D eigenvalue weighted by Crippen LogP contribution is -2.49. The van der Waals surface area contributed by atoms with E-state index in [1.807, 2.05) is 25.1 Å². The average molecular weight is 466 g/mol. The molecule has 2 aromatic heterocycles. The number of rotatable bonds is 8. The van der Waals surface area contributed by atoms with Crippen molar-refractivity contribution in [3.05, 3.63) is 76.4 Å². The van der Waals surface area contributed by atoms with E-state index >= 15 is 0 Å². The number of nitrogens with zero attached hydrogens (tertiary/aromatic N) is 1. The summed E-state index contributed by atoms with van der Waals surface area (Å²) in [5, 5.41) is 7.58. The topological polar surface area (TPSA) is 91.7 Å². The fraction of sp³-hybridized carbons (Fsp3) is 0.320. The molecule has 1 aliphatic carbocycles. The predicted octanol–water partition coefficient (Wildman–Crippen LogP) is 4.21. The summed E-state index contributed by atoms with van der Waals surface area (Å²) in [4.78, 5) is 41.3. The van der Waals surface area contributed by atoms with E-state index in [1.54, 1.807) is 35.7 Å². The van der Waals surface area contributed by atoms with Gasteiger partial charge in [-0.25, -0.2) is 0 Å². The summed E-state index contributed by atoms with van der Waals surface area (Å²) in [5.41, 5.74) is 1.51. The van der Waals surface area contributed by atoms with Crippen LogP contribution < -0.4 is 15.5 Å². The maximum absolute atomic E-state index is 13.5. The van der Waals surface area contributed by atoms with Crippen LogP contribution in [0.2, 0.25) is 0 Å². The summed E-state index contributed by atoms with van der Waals surface area (Å²) in [6.07, 6.45) is 5.48. The van der Waals surface area contributed by atoms with Gasteiger partial charge in [-0.1, -0.05) is 31.0 Å². The molecule has 0 unspecified atom stereocenters. The second kappa shape index (κ2) is 10.5. The van der Waals surface area contributed by atoms with Crippen molar-refractivity contribution in [2.24, 2.45) is 0 Å². The van der Waals surface area contributed by atoms with E-state index in [-0.39, 0.29) is 24.4 Å². The fourth-order valence-electron chi connectivity index (χ4n) is 4.12. The second-order valence-corrected chi connectivity index (χ2v) is 9.12. The minimum Gasteiger partial charge on any atom is -0.467 e. The van der Waals surface area contributed by atoms with E-state index in [0.29, 0.717) is 16.3 Å². The molecule has 1 atom stereocenters. The van der Waals surface area contributed by atoms with Gasteiger partial charge in [-0.2, -0.15) is 0 Å². The molecule has 0 radical (unpaired) electrons. The first-order valence-corrected chi connectivity index (χ1v) is 11.9. The summed E-state index contributed by atoms with van der Waals surface area (Å²) >= 11 is 1.30.